The van der Waals surface area contributed by atoms with Gasteiger partial charge in [0, 0.05) is 5.92 Å². The highest BCUT2D eigenvalue weighted by atomic mass is 35.5. The lowest BCUT2D eigenvalue weighted by molar-refractivity contribution is -0.119. The van der Waals surface area contributed by atoms with Crippen molar-refractivity contribution in [2.45, 2.75) is 20.3 Å². The lowest BCUT2D eigenvalue weighted by Crippen LogP contribution is -2.20. The number of anilines is 1. The molecule has 0 radical (unpaired) electrons. The molecule has 1 aromatic rings. The van der Waals surface area contributed by atoms with Crippen LogP contribution in [0.5, 0.6) is 5.75 Å². The van der Waals surface area contributed by atoms with Crippen LogP contribution in [-0.4, -0.2) is 13.0 Å². The van der Waals surface area contributed by atoms with Crippen LogP contribution in [0.2, 0.25) is 5.02 Å². The van der Waals surface area contributed by atoms with Crippen molar-refractivity contribution in [1.29, 1.82) is 0 Å². The second-order valence-electron chi connectivity index (χ2n) is 3.62. The van der Waals surface area contributed by atoms with Crippen molar-refractivity contribution in [3.63, 3.8) is 0 Å². The zero-order valence-corrected chi connectivity index (χ0v) is 10.5. The lowest BCUT2D eigenvalue weighted by atomic mass is 10.1. The van der Waals surface area contributed by atoms with E-state index in [9.17, 15) is 4.79 Å². The Morgan fingerprint density at radius 3 is 2.81 bits per heavy atom. The number of hydrogen-bond acceptors (Lipinski definition) is 2. The third kappa shape index (κ3) is 2.89. The molecule has 16 heavy (non-hydrogen) atoms. The normalized spacial score (nSPS) is 12.0. The third-order valence-electron chi connectivity index (χ3n) is 2.49. The Kier molecular flexibility index (Phi) is 4.62. The number of carbonyl (C=O) groups excluding carboxylic acids is 1. The van der Waals surface area contributed by atoms with E-state index in [1.165, 1.54) is 7.11 Å². The summed E-state index contributed by atoms with van der Waals surface area (Å²) in [6, 6.07) is 5.27. The first-order valence-electron chi connectivity index (χ1n) is 5.23. The predicted octanol–water partition coefficient (Wildman–Crippen LogP) is 3.33. The number of amides is 1. The van der Waals surface area contributed by atoms with Crippen LogP contribution >= 0.6 is 11.6 Å². The van der Waals surface area contributed by atoms with E-state index < -0.39 is 0 Å². The molecule has 0 aromatic heterocycles. The summed E-state index contributed by atoms with van der Waals surface area (Å²) < 4.78 is 5.14. The molecule has 1 unspecified atom stereocenters. The number of nitrogens with one attached hydrogen (secondary N) is 1. The van der Waals surface area contributed by atoms with Gasteiger partial charge < -0.3 is 10.1 Å². The first-order chi connectivity index (χ1) is 7.60. The minimum absolute atomic E-state index is 0.0244. The molecule has 1 aromatic carbocycles. The maximum atomic E-state index is 11.7. The summed E-state index contributed by atoms with van der Waals surface area (Å²) in [5.41, 5.74) is 0.611. The zero-order valence-electron chi connectivity index (χ0n) is 9.71. The molecule has 0 aliphatic rings. The molecule has 1 atom stereocenters. The molecule has 0 aliphatic carbocycles. The highest BCUT2D eigenvalue weighted by molar-refractivity contribution is 6.32. The van der Waals surface area contributed by atoms with Gasteiger partial charge >= 0.3 is 0 Å². The maximum Gasteiger partial charge on any atom is 0.227 e. The van der Waals surface area contributed by atoms with Gasteiger partial charge in [0.05, 0.1) is 17.8 Å². The average Bonchev–Trinajstić information content (AvgIpc) is 2.28. The smallest absolute Gasteiger partial charge is 0.227 e. The Morgan fingerprint density at radius 2 is 2.25 bits per heavy atom. The van der Waals surface area contributed by atoms with Crippen molar-refractivity contribution in [3.8, 4) is 5.75 Å². The van der Waals surface area contributed by atoms with Gasteiger partial charge in [-0.25, -0.2) is 0 Å². The van der Waals surface area contributed by atoms with Gasteiger partial charge in [-0.1, -0.05) is 31.5 Å². The Bertz CT molecular complexity index is 379. The van der Waals surface area contributed by atoms with Gasteiger partial charge in [0.1, 0.15) is 0 Å². The van der Waals surface area contributed by atoms with Gasteiger partial charge in [-0.2, -0.15) is 0 Å². The minimum atomic E-state index is -0.0249. The molecule has 0 saturated carbocycles. The molecule has 0 spiro atoms. The Morgan fingerprint density at radius 1 is 1.56 bits per heavy atom. The molecular formula is C12H16ClNO2. The molecule has 1 N–H and O–H groups in total. The SMILES string of the molecule is CCC(C)C(=O)Nc1cccc(Cl)c1OC. The second kappa shape index (κ2) is 5.75. The molecule has 0 heterocycles. The van der Waals surface area contributed by atoms with Crippen molar-refractivity contribution in [2.75, 3.05) is 12.4 Å². The minimum Gasteiger partial charge on any atom is -0.493 e. The first kappa shape index (κ1) is 12.8. The first-order valence-corrected chi connectivity index (χ1v) is 5.61. The molecule has 0 saturated heterocycles. The standard InChI is InChI=1S/C12H16ClNO2/c1-4-8(2)12(15)14-10-7-5-6-9(13)11(10)16-3/h5-8H,4H2,1-3H3,(H,14,15). The summed E-state index contributed by atoms with van der Waals surface area (Å²) in [4.78, 5) is 11.7. The summed E-state index contributed by atoms with van der Waals surface area (Å²) in [5.74, 6) is 0.451. The monoisotopic (exact) mass is 241 g/mol. The molecule has 1 rings (SSSR count). The largest absolute Gasteiger partial charge is 0.493 e. The van der Waals surface area contributed by atoms with E-state index >= 15 is 0 Å². The van der Waals surface area contributed by atoms with Crippen LogP contribution in [0.1, 0.15) is 20.3 Å². The van der Waals surface area contributed by atoms with Crippen LogP contribution in [0, 0.1) is 5.92 Å². The molecule has 0 bridgehead atoms. The van der Waals surface area contributed by atoms with E-state index in [0.717, 1.165) is 6.42 Å². The summed E-state index contributed by atoms with van der Waals surface area (Å²) in [5, 5.41) is 3.29. The van der Waals surface area contributed by atoms with Crippen molar-refractivity contribution < 1.29 is 9.53 Å². The predicted molar refractivity (Wildman–Crippen MR) is 66.1 cm³/mol. The fourth-order valence-electron chi connectivity index (χ4n) is 1.26. The summed E-state index contributed by atoms with van der Waals surface area (Å²) >= 11 is 5.95. The number of ether oxygens (including phenoxy) is 1. The molecular weight excluding hydrogens is 226 g/mol. The number of para-hydroxylation sites is 1. The summed E-state index contributed by atoms with van der Waals surface area (Å²) in [7, 11) is 1.53. The van der Waals surface area contributed by atoms with E-state index in [-0.39, 0.29) is 11.8 Å². The molecule has 4 heteroatoms. The van der Waals surface area contributed by atoms with E-state index in [0.29, 0.717) is 16.5 Å². The Hall–Kier alpha value is -1.22. The van der Waals surface area contributed by atoms with Crippen molar-refractivity contribution >= 4 is 23.2 Å². The highest BCUT2D eigenvalue weighted by Gasteiger charge is 2.14. The van der Waals surface area contributed by atoms with Crippen LogP contribution in [0.3, 0.4) is 0 Å². The molecule has 3 nitrogen and oxygen atoms in total. The maximum absolute atomic E-state index is 11.7. The Labute approximate surface area is 101 Å². The average molecular weight is 242 g/mol. The van der Waals surface area contributed by atoms with Crippen LogP contribution in [-0.2, 0) is 4.79 Å². The second-order valence-corrected chi connectivity index (χ2v) is 4.03. The zero-order chi connectivity index (χ0) is 12.1. The number of halogens is 1. The van der Waals surface area contributed by atoms with Crippen molar-refractivity contribution in [3.05, 3.63) is 23.2 Å². The number of benzene rings is 1. The summed E-state index contributed by atoms with van der Waals surface area (Å²) in [6.45, 7) is 3.85. The Balaban J connectivity index is 2.89. The van der Waals surface area contributed by atoms with Crippen LogP contribution < -0.4 is 10.1 Å². The third-order valence-corrected chi connectivity index (χ3v) is 2.79. The van der Waals surface area contributed by atoms with Gasteiger partial charge in [0.2, 0.25) is 5.91 Å². The van der Waals surface area contributed by atoms with Gasteiger partial charge in [0.25, 0.3) is 0 Å². The molecule has 0 aliphatic heterocycles. The fraction of sp³-hybridized carbons (Fsp3) is 0.417. The topological polar surface area (TPSA) is 38.3 Å². The van der Waals surface area contributed by atoms with E-state index in [1.807, 2.05) is 13.8 Å². The van der Waals surface area contributed by atoms with E-state index in [1.54, 1.807) is 18.2 Å². The van der Waals surface area contributed by atoms with Gasteiger partial charge in [-0.15, -0.1) is 0 Å². The van der Waals surface area contributed by atoms with Gasteiger partial charge in [-0.05, 0) is 18.6 Å². The van der Waals surface area contributed by atoms with Crippen molar-refractivity contribution in [1.82, 2.24) is 0 Å². The van der Waals surface area contributed by atoms with Gasteiger partial charge in [0.15, 0.2) is 5.75 Å². The van der Waals surface area contributed by atoms with Crippen molar-refractivity contribution in [2.24, 2.45) is 5.92 Å². The number of hydrogen-bond donors (Lipinski definition) is 1. The number of carbonyl (C=O) groups is 1. The summed E-state index contributed by atoms with van der Waals surface area (Å²) in [6.07, 6.45) is 0.800. The van der Waals surface area contributed by atoms with Crippen LogP contribution in [0.4, 0.5) is 5.69 Å². The fourth-order valence-corrected chi connectivity index (χ4v) is 1.51. The molecule has 88 valence electrons. The van der Waals surface area contributed by atoms with E-state index in [2.05, 4.69) is 5.32 Å². The van der Waals surface area contributed by atoms with Gasteiger partial charge in [-0.3, -0.25) is 4.79 Å². The lowest BCUT2D eigenvalue weighted by Gasteiger charge is -2.13. The molecule has 1 amide bonds. The van der Waals surface area contributed by atoms with E-state index in [4.69, 9.17) is 16.3 Å². The number of rotatable bonds is 4. The van der Waals surface area contributed by atoms with Crippen LogP contribution in [0.25, 0.3) is 0 Å². The quantitative estimate of drug-likeness (QED) is 0.878. The molecule has 0 fully saturated rings. The highest BCUT2D eigenvalue weighted by Crippen LogP contribution is 2.32. The van der Waals surface area contributed by atoms with Crippen LogP contribution in [0.15, 0.2) is 18.2 Å². The number of methoxy groups -OCH3 is 1.